The van der Waals surface area contributed by atoms with Crippen LogP contribution in [0.3, 0.4) is 0 Å². The van der Waals surface area contributed by atoms with Crippen molar-refractivity contribution in [3.8, 4) is 0 Å². The fraction of sp³-hybridized carbons (Fsp3) is 0.600. The van der Waals surface area contributed by atoms with E-state index in [0.717, 1.165) is 30.7 Å². The van der Waals surface area contributed by atoms with E-state index < -0.39 is 0 Å². The zero-order valence-corrected chi connectivity index (χ0v) is 12.6. The van der Waals surface area contributed by atoms with Crippen LogP contribution in [-0.4, -0.2) is 5.54 Å². The van der Waals surface area contributed by atoms with Crippen LogP contribution in [0.15, 0.2) is 18.2 Å². The average molecular weight is 286 g/mol. The smallest absolute Gasteiger partial charge is 0.0624 e. The van der Waals surface area contributed by atoms with Crippen LogP contribution in [0.1, 0.15) is 38.7 Å². The quantitative estimate of drug-likeness (QED) is 0.838. The third kappa shape index (κ3) is 3.01. The molecule has 2 rings (SSSR count). The van der Waals surface area contributed by atoms with Crippen LogP contribution in [0, 0.1) is 11.8 Å². The van der Waals surface area contributed by atoms with Crippen LogP contribution in [-0.2, 0) is 6.42 Å². The van der Waals surface area contributed by atoms with Crippen molar-refractivity contribution in [1.82, 2.24) is 0 Å². The minimum atomic E-state index is -0.125. The van der Waals surface area contributed by atoms with Gasteiger partial charge in [0.15, 0.2) is 0 Å². The van der Waals surface area contributed by atoms with Gasteiger partial charge < -0.3 is 5.73 Å². The number of hydrogen-bond acceptors (Lipinski definition) is 1. The molecule has 1 fully saturated rings. The normalized spacial score (nSPS) is 32.5. The molecule has 1 aliphatic carbocycles. The highest BCUT2D eigenvalue weighted by atomic mass is 35.5. The van der Waals surface area contributed by atoms with E-state index in [1.807, 2.05) is 18.2 Å². The summed E-state index contributed by atoms with van der Waals surface area (Å²) in [5.41, 5.74) is 7.51. The standard InChI is InChI=1S/C15H21Cl2N/c1-10-6-7-15(18,8-11(10)2)9-12-4-3-5-13(16)14(12)17/h3-5,10-11H,6-9,18H2,1-2H3. The Morgan fingerprint density at radius 3 is 2.67 bits per heavy atom. The summed E-state index contributed by atoms with van der Waals surface area (Å²) in [5.74, 6) is 1.46. The first-order valence-corrected chi connectivity index (χ1v) is 7.39. The molecule has 1 aromatic carbocycles. The topological polar surface area (TPSA) is 26.0 Å². The highest BCUT2D eigenvalue weighted by Crippen LogP contribution is 2.38. The summed E-state index contributed by atoms with van der Waals surface area (Å²) in [6.45, 7) is 4.61. The third-order valence-electron chi connectivity index (χ3n) is 4.37. The molecule has 0 amide bonds. The zero-order valence-electron chi connectivity index (χ0n) is 11.0. The number of halogens is 2. The summed E-state index contributed by atoms with van der Waals surface area (Å²) in [5, 5.41) is 1.28. The van der Waals surface area contributed by atoms with Gasteiger partial charge in [0.05, 0.1) is 10.0 Å². The second-order valence-corrected chi connectivity index (χ2v) is 6.73. The Morgan fingerprint density at radius 2 is 2.00 bits per heavy atom. The van der Waals surface area contributed by atoms with Crippen molar-refractivity contribution in [3.05, 3.63) is 33.8 Å². The third-order valence-corrected chi connectivity index (χ3v) is 5.23. The van der Waals surface area contributed by atoms with Gasteiger partial charge in [-0.2, -0.15) is 0 Å². The zero-order chi connectivity index (χ0) is 13.3. The lowest BCUT2D eigenvalue weighted by molar-refractivity contribution is 0.176. The van der Waals surface area contributed by atoms with Crippen molar-refractivity contribution in [2.45, 2.75) is 45.1 Å². The molecule has 18 heavy (non-hydrogen) atoms. The molecule has 0 radical (unpaired) electrons. The predicted octanol–water partition coefficient (Wildman–Crippen LogP) is 4.69. The molecule has 1 nitrogen and oxygen atoms in total. The first kappa shape index (κ1) is 14.2. The Hall–Kier alpha value is -0.240. The van der Waals surface area contributed by atoms with Crippen LogP contribution in [0.5, 0.6) is 0 Å². The molecule has 3 unspecified atom stereocenters. The van der Waals surface area contributed by atoms with Gasteiger partial charge in [0.1, 0.15) is 0 Å². The molecule has 100 valence electrons. The Labute approximate surface area is 120 Å². The van der Waals surface area contributed by atoms with E-state index in [1.54, 1.807) is 0 Å². The molecule has 1 saturated carbocycles. The summed E-state index contributed by atoms with van der Waals surface area (Å²) in [7, 11) is 0. The number of hydrogen-bond donors (Lipinski definition) is 1. The first-order valence-electron chi connectivity index (χ1n) is 6.63. The molecule has 3 atom stereocenters. The van der Waals surface area contributed by atoms with Crippen LogP contribution in [0.4, 0.5) is 0 Å². The van der Waals surface area contributed by atoms with Gasteiger partial charge in [-0.1, -0.05) is 49.2 Å². The Kier molecular flexibility index (Phi) is 4.25. The minimum Gasteiger partial charge on any atom is -0.325 e. The van der Waals surface area contributed by atoms with Crippen molar-refractivity contribution in [2.24, 2.45) is 17.6 Å². The van der Waals surface area contributed by atoms with Crippen molar-refractivity contribution in [2.75, 3.05) is 0 Å². The number of nitrogens with two attached hydrogens (primary N) is 1. The van der Waals surface area contributed by atoms with Gasteiger partial charge in [-0.05, 0) is 49.1 Å². The van der Waals surface area contributed by atoms with Gasteiger partial charge in [-0.25, -0.2) is 0 Å². The van der Waals surface area contributed by atoms with Crippen LogP contribution in [0.25, 0.3) is 0 Å². The highest BCUT2D eigenvalue weighted by Gasteiger charge is 2.34. The molecule has 0 bridgehead atoms. The van der Waals surface area contributed by atoms with Gasteiger partial charge in [0, 0.05) is 5.54 Å². The SMILES string of the molecule is CC1CCC(N)(Cc2cccc(Cl)c2Cl)CC1C. The molecule has 1 aromatic rings. The molecular formula is C15H21Cl2N. The maximum Gasteiger partial charge on any atom is 0.0624 e. The molecule has 3 heteroatoms. The molecular weight excluding hydrogens is 265 g/mol. The molecule has 0 aromatic heterocycles. The van der Waals surface area contributed by atoms with Gasteiger partial charge in [-0.15, -0.1) is 0 Å². The predicted molar refractivity (Wildman–Crippen MR) is 79.3 cm³/mol. The molecule has 2 N–H and O–H groups in total. The fourth-order valence-corrected chi connectivity index (χ4v) is 3.36. The van der Waals surface area contributed by atoms with Crippen molar-refractivity contribution >= 4 is 23.2 Å². The first-order chi connectivity index (χ1) is 8.41. The summed E-state index contributed by atoms with van der Waals surface area (Å²) in [6, 6.07) is 5.80. The van der Waals surface area contributed by atoms with E-state index in [0.29, 0.717) is 16.0 Å². The van der Waals surface area contributed by atoms with E-state index in [2.05, 4.69) is 13.8 Å². The number of rotatable bonds is 2. The van der Waals surface area contributed by atoms with Crippen molar-refractivity contribution in [1.29, 1.82) is 0 Å². The summed E-state index contributed by atoms with van der Waals surface area (Å²) in [6.07, 6.45) is 4.16. The van der Waals surface area contributed by atoms with Gasteiger partial charge in [0.2, 0.25) is 0 Å². The molecule has 0 heterocycles. The van der Waals surface area contributed by atoms with E-state index in [9.17, 15) is 0 Å². The highest BCUT2D eigenvalue weighted by molar-refractivity contribution is 6.42. The van der Waals surface area contributed by atoms with Gasteiger partial charge in [-0.3, -0.25) is 0 Å². The fourth-order valence-electron chi connectivity index (χ4n) is 2.97. The van der Waals surface area contributed by atoms with E-state index in [1.165, 1.54) is 6.42 Å². The summed E-state index contributed by atoms with van der Waals surface area (Å²) < 4.78 is 0. The maximum atomic E-state index is 6.56. The summed E-state index contributed by atoms with van der Waals surface area (Å²) >= 11 is 12.3. The summed E-state index contributed by atoms with van der Waals surface area (Å²) in [4.78, 5) is 0. The second-order valence-electron chi connectivity index (χ2n) is 5.95. The van der Waals surface area contributed by atoms with E-state index in [-0.39, 0.29) is 5.54 Å². The van der Waals surface area contributed by atoms with Gasteiger partial charge in [0.25, 0.3) is 0 Å². The van der Waals surface area contributed by atoms with Gasteiger partial charge >= 0.3 is 0 Å². The largest absolute Gasteiger partial charge is 0.325 e. The maximum absolute atomic E-state index is 6.56. The Bertz CT molecular complexity index is 433. The lowest BCUT2D eigenvalue weighted by Crippen LogP contribution is -2.47. The lowest BCUT2D eigenvalue weighted by atomic mass is 9.69. The van der Waals surface area contributed by atoms with Crippen LogP contribution in [0.2, 0.25) is 10.0 Å². The van der Waals surface area contributed by atoms with Crippen LogP contribution < -0.4 is 5.73 Å². The monoisotopic (exact) mass is 285 g/mol. The Morgan fingerprint density at radius 1 is 1.28 bits per heavy atom. The minimum absolute atomic E-state index is 0.125. The van der Waals surface area contributed by atoms with Crippen molar-refractivity contribution < 1.29 is 0 Å². The molecule has 0 aliphatic heterocycles. The van der Waals surface area contributed by atoms with Crippen molar-refractivity contribution in [3.63, 3.8) is 0 Å². The van der Waals surface area contributed by atoms with Crippen LogP contribution >= 0.6 is 23.2 Å². The average Bonchev–Trinajstić information content (AvgIpc) is 2.31. The lowest BCUT2D eigenvalue weighted by Gasteiger charge is -2.40. The second kappa shape index (κ2) is 5.40. The van der Waals surface area contributed by atoms with E-state index >= 15 is 0 Å². The molecule has 0 spiro atoms. The Balaban J connectivity index is 2.15. The number of benzene rings is 1. The van der Waals surface area contributed by atoms with E-state index in [4.69, 9.17) is 28.9 Å². The molecule has 1 aliphatic rings. The molecule has 0 saturated heterocycles.